The van der Waals surface area contributed by atoms with Crippen LogP contribution in [0.5, 0.6) is 0 Å². The van der Waals surface area contributed by atoms with Crippen LogP contribution in [0.25, 0.3) is 0 Å². The van der Waals surface area contributed by atoms with Crippen LogP contribution >= 0.6 is 11.6 Å². The summed E-state index contributed by atoms with van der Waals surface area (Å²) in [7, 11) is 0. The van der Waals surface area contributed by atoms with Gasteiger partial charge in [-0.1, -0.05) is 31.5 Å². The number of rotatable bonds is 6. The van der Waals surface area contributed by atoms with Crippen LogP contribution in [-0.2, 0) is 9.53 Å². The van der Waals surface area contributed by atoms with Crippen molar-refractivity contribution in [2.45, 2.75) is 39.5 Å². The summed E-state index contributed by atoms with van der Waals surface area (Å²) in [5.74, 6) is 0.537. The van der Waals surface area contributed by atoms with Crippen molar-refractivity contribution in [2.24, 2.45) is 5.92 Å². The lowest BCUT2D eigenvalue weighted by Gasteiger charge is -2.22. The standard InChI is InChI=1S/C22H26ClN3O3/c1-13(2)17-10-20(26-19-9-16(23)5-4-14(19)3)24-12-18(17)22(28)25-11-15-6-7-29-21(27)8-15/h4-5,9-10,12-13,15H,6-8,11H2,1-3H3,(H,24,26)(H,25,28). The Morgan fingerprint density at radius 2 is 2.14 bits per heavy atom. The van der Waals surface area contributed by atoms with Crippen molar-refractivity contribution >= 4 is 35.0 Å². The van der Waals surface area contributed by atoms with Crippen LogP contribution in [0.1, 0.15) is 54.1 Å². The molecule has 3 rings (SSSR count). The minimum absolute atomic E-state index is 0.113. The first kappa shape index (κ1) is 21.1. The molecule has 1 atom stereocenters. The molecule has 1 aromatic carbocycles. The Morgan fingerprint density at radius 1 is 1.34 bits per heavy atom. The lowest BCUT2D eigenvalue weighted by Crippen LogP contribution is -2.34. The van der Waals surface area contributed by atoms with Crippen LogP contribution < -0.4 is 10.6 Å². The van der Waals surface area contributed by atoms with Gasteiger partial charge in [-0.05, 0) is 54.5 Å². The molecule has 0 saturated carbocycles. The van der Waals surface area contributed by atoms with Crippen molar-refractivity contribution < 1.29 is 14.3 Å². The van der Waals surface area contributed by atoms with Crippen molar-refractivity contribution in [2.75, 3.05) is 18.5 Å². The molecule has 0 aliphatic carbocycles. The van der Waals surface area contributed by atoms with Crippen molar-refractivity contribution in [1.29, 1.82) is 0 Å². The molecule has 1 unspecified atom stereocenters. The minimum atomic E-state index is -0.202. The van der Waals surface area contributed by atoms with E-state index in [4.69, 9.17) is 16.3 Å². The van der Waals surface area contributed by atoms with E-state index in [0.29, 0.717) is 36.0 Å². The van der Waals surface area contributed by atoms with Gasteiger partial charge in [0, 0.05) is 23.5 Å². The number of anilines is 2. The third-order valence-electron chi connectivity index (χ3n) is 5.06. The minimum Gasteiger partial charge on any atom is -0.466 e. The zero-order valence-corrected chi connectivity index (χ0v) is 17.7. The summed E-state index contributed by atoms with van der Waals surface area (Å²) in [4.78, 5) is 28.6. The van der Waals surface area contributed by atoms with Gasteiger partial charge in [-0.3, -0.25) is 9.59 Å². The summed E-state index contributed by atoms with van der Waals surface area (Å²) in [6, 6.07) is 7.53. The molecule has 29 heavy (non-hydrogen) atoms. The lowest BCUT2D eigenvalue weighted by atomic mass is 9.97. The van der Waals surface area contributed by atoms with Crippen LogP contribution in [0.2, 0.25) is 5.02 Å². The van der Waals surface area contributed by atoms with Gasteiger partial charge in [0.15, 0.2) is 0 Å². The maximum absolute atomic E-state index is 12.8. The first-order chi connectivity index (χ1) is 13.8. The largest absolute Gasteiger partial charge is 0.466 e. The molecule has 0 radical (unpaired) electrons. The number of cyclic esters (lactones) is 1. The van der Waals surface area contributed by atoms with E-state index in [1.807, 2.05) is 45.0 Å². The number of hydrogen-bond donors (Lipinski definition) is 2. The second-order valence-electron chi connectivity index (χ2n) is 7.69. The summed E-state index contributed by atoms with van der Waals surface area (Å²) in [5.41, 5.74) is 3.38. The van der Waals surface area contributed by atoms with E-state index in [1.165, 1.54) is 0 Å². The fourth-order valence-electron chi connectivity index (χ4n) is 3.32. The predicted molar refractivity (Wildman–Crippen MR) is 114 cm³/mol. The normalized spacial score (nSPS) is 16.4. The highest BCUT2D eigenvalue weighted by molar-refractivity contribution is 6.30. The number of carbonyl (C=O) groups excluding carboxylic acids is 2. The smallest absolute Gasteiger partial charge is 0.306 e. The summed E-state index contributed by atoms with van der Waals surface area (Å²) in [6.07, 6.45) is 2.71. The third-order valence-corrected chi connectivity index (χ3v) is 5.30. The van der Waals surface area contributed by atoms with Gasteiger partial charge in [0.2, 0.25) is 0 Å². The zero-order chi connectivity index (χ0) is 21.0. The fraction of sp³-hybridized carbons (Fsp3) is 0.409. The maximum atomic E-state index is 12.8. The molecule has 7 heteroatoms. The van der Waals surface area contributed by atoms with Gasteiger partial charge in [0.05, 0.1) is 18.6 Å². The molecule has 1 saturated heterocycles. The number of nitrogens with one attached hydrogen (secondary N) is 2. The van der Waals surface area contributed by atoms with Gasteiger partial charge in [-0.15, -0.1) is 0 Å². The van der Waals surface area contributed by atoms with E-state index in [9.17, 15) is 9.59 Å². The molecule has 2 N–H and O–H groups in total. The van der Waals surface area contributed by atoms with Crippen molar-refractivity contribution in [3.8, 4) is 0 Å². The highest BCUT2D eigenvalue weighted by Crippen LogP contribution is 2.27. The Kier molecular flexibility index (Phi) is 6.75. The van der Waals surface area contributed by atoms with Crippen LogP contribution in [-0.4, -0.2) is 30.0 Å². The second-order valence-corrected chi connectivity index (χ2v) is 8.12. The quantitative estimate of drug-likeness (QED) is 0.674. The number of benzene rings is 1. The number of amides is 1. The number of carbonyl (C=O) groups is 2. The van der Waals surface area contributed by atoms with Crippen molar-refractivity contribution in [3.63, 3.8) is 0 Å². The Balaban J connectivity index is 1.74. The third kappa shape index (κ3) is 5.48. The molecule has 1 amide bonds. The number of aromatic nitrogens is 1. The number of halogens is 1. The number of hydrogen-bond acceptors (Lipinski definition) is 5. The molecule has 6 nitrogen and oxygen atoms in total. The number of nitrogens with zero attached hydrogens (tertiary/aromatic N) is 1. The molecule has 2 heterocycles. The number of aryl methyl sites for hydroxylation is 1. The van der Waals surface area contributed by atoms with E-state index in [0.717, 1.165) is 23.2 Å². The second kappa shape index (κ2) is 9.27. The number of ether oxygens (including phenoxy) is 1. The molecule has 1 aliphatic rings. The molecule has 0 spiro atoms. The first-order valence-electron chi connectivity index (χ1n) is 9.80. The van der Waals surface area contributed by atoms with Crippen molar-refractivity contribution in [1.82, 2.24) is 10.3 Å². The fourth-order valence-corrected chi connectivity index (χ4v) is 3.49. The average Bonchev–Trinajstić information content (AvgIpc) is 2.69. The topological polar surface area (TPSA) is 80.3 Å². The monoisotopic (exact) mass is 415 g/mol. The summed E-state index contributed by atoms with van der Waals surface area (Å²) < 4.78 is 4.95. The Labute approximate surface area is 176 Å². The number of pyridine rings is 1. The Hall–Kier alpha value is -2.60. The van der Waals surface area contributed by atoms with E-state index in [1.54, 1.807) is 6.20 Å². The Morgan fingerprint density at radius 3 is 2.86 bits per heavy atom. The van der Waals surface area contributed by atoms with Gasteiger partial charge in [-0.25, -0.2) is 4.98 Å². The molecular weight excluding hydrogens is 390 g/mol. The molecule has 1 aromatic heterocycles. The molecule has 154 valence electrons. The molecule has 1 fully saturated rings. The van der Waals surface area contributed by atoms with Crippen LogP contribution in [0, 0.1) is 12.8 Å². The molecule has 0 bridgehead atoms. The van der Waals surface area contributed by atoms with Gasteiger partial charge >= 0.3 is 5.97 Å². The van der Waals surface area contributed by atoms with Gasteiger partial charge in [0.25, 0.3) is 5.91 Å². The molecule has 2 aromatic rings. The molecule has 1 aliphatic heterocycles. The van der Waals surface area contributed by atoms with E-state index in [-0.39, 0.29) is 23.7 Å². The summed E-state index contributed by atoms with van der Waals surface area (Å²) in [5, 5.41) is 6.87. The average molecular weight is 416 g/mol. The van der Waals surface area contributed by atoms with Gasteiger partial charge < -0.3 is 15.4 Å². The maximum Gasteiger partial charge on any atom is 0.306 e. The SMILES string of the molecule is Cc1ccc(Cl)cc1Nc1cc(C(C)C)c(C(=O)NCC2CCOC(=O)C2)cn1. The van der Waals surface area contributed by atoms with E-state index >= 15 is 0 Å². The van der Waals surface area contributed by atoms with Crippen molar-refractivity contribution in [3.05, 3.63) is 52.2 Å². The van der Waals surface area contributed by atoms with E-state index in [2.05, 4.69) is 15.6 Å². The van der Waals surface area contributed by atoms with E-state index < -0.39 is 0 Å². The highest BCUT2D eigenvalue weighted by Gasteiger charge is 2.22. The van der Waals surface area contributed by atoms with Crippen LogP contribution in [0.4, 0.5) is 11.5 Å². The van der Waals surface area contributed by atoms with Crippen LogP contribution in [0.3, 0.4) is 0 Å². The number of esters is 1. The van der Waals surface area contributed by atoms with Crippen LogP contribution in [0.15, 0.2) is 30.5 Å². The zero-order valence-electron chi connectivity index (χ0n) is 16.9. The Bertz CT molecular complexity index is 914. The summed E-state index contributed by atoms with van der Waals surface area (Å²) in [6.45, 7) is 6.94. The lowest BCUT2D eigenvalue weighted by molar-refractivity contribution is -0.149. The summed E-state index contributed by atoms with van der Waals surface area (Å²) >= 11 is 6.10. The molecular formula is C22H26ClN3O3. The first-order valence-corrected chi connectivity index (χ1v) is 10.2. The highest BCUT2D eigenvalue weighted by atomic mass is 35.5. The van der Waals surface area contributed by atoms with Gasteiger partial charge in [0.1, 0.15) is 5.82 Å². The predicted octanol–water partition coefficient (Wildman–Crippen LogP) is 4.59. The van der Waals surface area contributed by atoms with Gasteiger partial charge in [-0.2, -0.15) is 0 Å².